The van der Waals surface area contributed by atoms with Crippen LogP contribution in [0.2, 0.25) is 5.02 Å². The highest BCUT2D eigenvalue weighted by atomic mass is 35.5. The van der Waals surface area contributed by atoms with Gasteiger partial charge in [0.2, 0.25) is 0 Å². The van der Waals surface area contributed by atoms with Crippen LogP contribution in [0.1, 0.15) is 28.8 Å². The van der Waals surface area contributed by atoms with Crippen molar-refractivity contribution >= 4 is 17.5 Å². The summed E-state index contributed by atoms with van der Waals surface area (Å²) in [7, 11) is 0. The number of fused-ring (bicyclic) bond motifs is 3. The van der Waals surface area contributed by atoms with Crippen LogP contribution in [0.25, 0.3) is 22.4 Å². The third kappa shape index (κ3) is 3.65. The standard InChI is InChI=1S/C26H25ClN2O3/c27-20-7-6-19-10-13-29-24(21(19)14-20)23(25(31)28-11-8-17(16-30)9-12-28)15-22(26(29)32)18-4-2-1-3-5-18/h1-7,14-15,17,30H,8-13,16H2. The van der Waals surface area contributed by atoms with Gasteiger partial charge < -0.3 is 14.6 Å². The number of rotatable bonds is 3. The fraction of sp³-hybridized carbons (Fsp3) is 0.308. The predicted octanol–water partition coefficient (Wildman–Crippen LogP) is 4.24. The van der Waals surface area contributed by atoms with E-state index >= 15 is 0 Å². The average Bonchev–Trinajstić information content (AvgIpc) is 2.84. The second kappa shape index (κ2) is 8.57. The lowest BCUT2D eigenvalue weighted by molar-refractivity contribution is 0.0651. The summed E-state index contributed by atoms with van der Waals surface area (Å²) >= 11 is 6.32. The van der Waals surface area contributed by atoms with Crippen LogP contribution in [0.15, 0.2) is 59.4 Å². The minimum atomic E-state index is -0.0904. The summed E-state index contributed by atoms with van der Waals surface area (Å²) in [5.41, 5.74) is 4.39. The van der Waals surface area contributed by atoms with E-state index in [1.807, 2.05) is 53.4 Å². The fourth-order valence-electron chi connectivity index (χ4n) is 4.87. The van der Waals surface area contributed by atoms with E-state index < -0.39 is 0 Å². The molecule has 2 aliphatic rings. The number of benzene rings is 2. The van der Waals surface area contributed by atoms with Gasteiger partial charge in [-0.05, 0) is 54.5 Å². The van der Waals surface area contributed by atoms with Gasteiger partial charge in [-0.15, -0.1) is 0 Å². The van der Waals surface area contributed by atoms with Crippen molar-refractivity contribution in [1.29, 1.82) is 0 Å². The van der Waals surface area contributed by atoms with Crippen molar-refractivity contribution in [3.8, 4) is 22.4 Å². The number of hydrogen-bond donors (Lipinski definition) is 1. The number of piperidine rings is 1. The zero-order valence-corrected chi connectivity index (χ0v) is 18.5. The molecule has 5 nitrogen and oxygen atoms in total. The molecule has 0 bridgehead atoms. The zero-order chi connectivity index (χ0) is 22.2. The fourth-order valence-corrected chi connectivity index (χ4v) is 5.04. The van der Waals surface area contributed by atoms with Gasteiger partial charge in [-0.2, -0.15) is 0 Å². The normalized spacial score (nSPS) is 15.9. The summed E-state index contributed by atoms with van der Waals surface area (Å²) in [6.45, 7) is 1.88. The minimum Gasteiger partial charge on any atom is -0.396 e. The van der Waals surface area contributed by atoms with Crippen molar-refractivity contribution in [3.05, 3.63) is 81.1 Å². The Morgan fingerprint density at radius 3 is 2.47 bits per heavy atom. The van der Waals surface area contributed by atoms with Crippen LogP contribution in [-0.2, 0) is 13.0 Å². The summed E-state index contributed by atoms with van der Waals surface area (Å²) in [4.78, 5) is 29.1. The number of carbonyl (C=O) groups excluding carboxylic acids is 1. The first kappa shape index (κ1) is 21.0. The SMILES string of the molecule is O=C(c1cc(-c2ccccc2)c(=O)n2c1-c1cc(Cl)ccc1CC2)N1CCC(CO)CC1. The lowest BCUT2D eigenvalue weighted by atomic mass is 9.91. The van der Waals surface area contributed by atoms with Crippen LogP contribution in [0.4, 0.5) is 0 Å². The number of nitrogens with zero attached hydrogens (tertiary/aromatic N) is 2. The largest absolute Gasteiger partial charge is 0.396 e. The number of amides is 1. The molecule has 2 aromatic carbocycles. The third-order valence-electron chi connectivity index (χ3n) is 6.70. The smallest absolute Gasteiger partial charge is 0.258 e. The van der Waals surface area contributed by atoms with E-state index in [1.165, 1.54) is 0 Å². The molecule has 1 aromatic heterocycles. The molecule has 2 aliphatic heterocycles. The predicted molar refractivity (Wildman–Crippen MR) is 126 cm³/mol. The Hall–Kier alpha value is -2.89. The second-order valence-electron chi connectivity index (χ2n) is 8.61. The summed E-state index contributed by atoms with van der Waals surface area (Å²) in [5, 5.41) is 10.0. The third-order valence-corrected chi connectivity index (χ3v) is 6.93. The first-order valence-corrected chi connectivity index (χ1v) is 11.5. The molecular formula is C26H25ClN2O3. The Morgan fingerprint density at radius 2 is 1.75 bits per heavy atom. The number of aliphatic hydroxyl groups excluding tert-OH is 1. The topological polar surface area (TPSA) is 62.5 Å². The number of halogens is 1. The highest BCUT2D eigenvalue weighted by Crippen LogP contribution is 2.35. The summed E-state index contributed by atoms with van der Waals surface area (Å²) in [6, 6.07) is 17.0. The monoisotopic (exact) mass is 448 g/mol. The maximum atomic E-state index is 13.8. The van der Waals surface area contributed by atoms with Gasteiger partial charge in [-0.3, -0.25) is 9.59 Å². The number of aromatic nitrogens is 1. The first-order chi connectivity index (χ1) is 15.6. The summed E-state index contributed by atoms with van der Waals surface area (Å²) in [6.07, 6.45) is 2.28. The summed E-state index contributed by atoms with van der Waals surface area (Å²) < 4.78 is 1.74. The Bertz CT molecular complexity index is 1230. The van der Waals surface area contributed by atoms with Crippen molar-refractivity contribution in [2.24, 2.45) is 5.92 Å². The number of hydrogen-bond acceptors (Lipinski definition) is 3. The van der Waals surface area contributed by atoms with Gasteiger partial charge in [0.15, 0.2) is 0 Å². The van der Waals surface area contributed by atoms with E-state index in [-0.39, 0.29) is 24.0 Å². The lowest BCUT2D eigenvalue weighted by Gasteiger charge is -2.33. The Balaban J connectivity index is 1.69. The van der Waals surface area contributed by atoms with Crippen molar-refractivity contribution in [3.63, 3.8) is 0 Å². The van der Waals surface area contributed by atoms with Crippen LogP contribution >= 0.6 is 11.6 Å². The molecule has 0 radical (unpaired) electrons. The highest BCUT2D eigenvalue weighted by molar-refractivity contribution is 6.31. The van der Waals surface area contributed by atoms with Crippen LogP contribution < -0.4 is 5.56 Å². The van der Waals surface area contributed by atoms with Gasteiger partial charge >= 0.3 is 0 Å². The van der Waals surface area contributed by atoms with Crippen molar-refractivity contribution in [2.75, 3.05) is 19.7 Å². The van der Waals surface area contributed by atoms with Crippen LogP contribution in [-0.4, -0.2) is 40.2 Å². The van der Waals surface area contributed by atoms with E-state index in [1.54, 1.807) is 10.6 Å². The highest BCUT2D eigenvalue weighted by Gasteiger charge is 2.30. The molecule has 0 spiro atoms. The van der Waals surface area contributed by atoms with Gasteiger partial charge in [0.05, 0.1) is 11.3 Å². The molecule has 1 amide bonds. The maximum Gasteiger partial charge on any atom is 0.258 e. The quantitative estimate of drug-likeness (QED) is 0.652. The molecule has 1 fully saturated rings. The lowest BCUT2D eigenvalue weighted by Crippen LogP contribution is -2.40. The second-order valence-corrected chi connectivity index (χ2v) is 9.05. The van der Waals surface area contributed by atoms with Gasteiger partial charge in [0.1, 0.15) is 0 Å². The van der Waals surface area contributed by atoms with Gasteiger partial charge in [-0.25, -0.2) is 0 Å². The molecule has 6 heteroatoms. The van der Waals surface area contributed by atoms with E-state index in [4.69, 9.17) is 11.6 Å². The van der Waals surface area contributed by atoms with Gasteiger partial charge in [0, 0.05) is 42.4 Å². The maximum absolute atomic E-state index is 13.8. The Morgan fingerprint density at radius 1 is 1.00 bits per heavy atom. The van der Waals surface area contributed by atoms with Crippen LogP contribution in [0.3, 0.4) is 0 Å². The molecule has 3 aromatic rings. The molecule has 32 heavy (non-hydrogen) atoms. The van der Waals surface area contributed by atoms with E-state index in [0.717, 1.165) is 29.5 Å². The summed E-state index contributed by atoms with van der Waals surface area (Å²) in [5.74, 6) is 0.168. The molecule has 0 saturated carbocycles. The Labute approximate surface area is 191 Å². The molecule has 0 aliphatic carbocycles. The molecular weight excluding hydrogens is 424 g/mol. The molecule has 0 atom stereocenters. The molecule has 3 heterocycles. The molecule has 5 rings (SSSR count). The molecule has 1 N–H and O–H groups in total. The average molecular weight is 449 g/mol. The molecule has 1 saturated heterocycles. The number of pyridine rings is 1. The number of aliphatic hydroxyl groups is 1. The number of carbonyl (C=O) groups is 1. The van der Waals surface area contributed by atoms with E-state index in [9.17, 15) is 14.7 Å². The van der Waals surface area contributed by atoms with Crippen molar-refractivity contribution in [2.45, 2.75) is 25.8 Å². The zero-order valence-electron chi connectivity index (χ0n) is 17.8. The molecule has 164 valence electrons. The number of aryl methyl sites for hydroxylation is 1. The van der Waals surface area contributed by atoms with Crippen molar-refractivity contribution in [1.82, 2.24) is 9.47 Å². The molecule has 0 unspecified atom stereocenters. The Kier molecular flexibility index (Phi) is 5.62. The van der Waals surface area contributed by atoms with E-state index in [0.29, 0.717) is 47.9 Å². The van der Waals surface area contributed by atoms with E-state index in [2.05, 4.69) is 0 Å². The van der Waals surface area contributed by atoms with Gasteiger partial charge in [0.25, 0.3) is 11.5 Å². The van der Waals surface area contributed by atoms with Crippen LogP contribution in [0.5, 0.6) is 0 Å². The first-order valence-electron chi connectivity index (χ1n) is 11.1. The van der Waals surface area contributed by atoms with Crippen molar-refractivity contribution < 1.29 is 9.90 Å². The number of likely N-dealkylation sites (tertiary alicyclic amines) is 1. The van der Waals surface area contributed by atoms with Gasteiger partial charge in [-0.1, -0.05) is 48.0 Å². The van der Waals surface area contributed by atoms with Crippen LogP contribution in [0, 0.1) is 5.92 Å². The minimum absolute atomic E-state index is 0.0739.